The molecule has 0 aliphatic rings. The molecular weight excluding hydrogens is 234 g/mol. The number of hydrogen-bond donors (Lipinski definition) is 0. The molecule has 1 nitrogen and oxygen atoms in total. The molecule has 1 aromatic heterocycles. The van der Waals surface area contributed by atoms with Gasteiger partial charge in [0.25, 0.3) is 0 Å². The van der Waals surface area contributed by atoms with E-state index in [1.54, 1.807) is 11.8 Å². The topological polar surface area (TPSA) is 23.8 Å². The van der Waals surface area contributed by atoms with Gasteiger partial charge in [-0.2, -0.15) is 5.26 Å². The van der Waals surface area contributed by atoms with E-state index in [1.807, 2.05) is 23.8 Å². The van der Waals surface area contributed by atoms with Crippen molar-refractivity contribution in [2.45, 2.75) is 4.90 Å². The SMILES string of the molecule is CSc1ccc2c(Cl)csc2c1C#N. The standard InChI is InChI=1S/C10H6ClNS2/c1-13-9-3-2-6-8(11)5-14-10(6)7(9)4-12/h2-3,5H,1H3. The molecule has 0 radical (unpaired) electrons. The molecule has 0 fully saturated rings. The number of fused-ring (bicyclic) bond motifs is 1. The lowest BCUT2D eigenvalue weighted by Crippen LogP contribution is -1.79. The van der Waals surface area contributed by atoms with Crippen molar-refractivity contribution < 1.29 is 0 Å². The molecule has 14 heavy (non-hydrogen) atoms. The molecule has 0 amide bonds. The van der Waals surface area contributed by atoms with Crippen LogP contribution in [0.3, 0.4) is 0 Å². The zero-order valence-corrected chi connectivity index (χ0v) is 9.76. The molecule has 2 aromatic rings. The van der Waals surface area contributed by atoms with Gasteiger partial charge in [-0.1, -0.05) is 17.7 Å². The summed E-state index contributed by atoms with van der Waals surface area (Å²) >= 11 is 9.10. The summed E-state index contributed by atoms with van der Waals surface area (Å²) in [5.41, 5.74) is 0.743. The highest BCUT2D eigenvalue weighted by molar-refractivity contribution is 7.98. The molecular formula is C10H6ClNS2. The van der Waals surface area contributed by atoms with Gasteiger partial charge in [0.2, 0.25) is 0 Å². The lowest BCUT2D eigenvalue weighted by Gasteiger charge is -2.00. The van der Waals surface area contributed by atoms with E-state index in [0.717, 1.165) is 25.6 Å². The van der Waals surface area contributed by atoms with E-state index in [2.05, 4.69) is 6.07 Å². The van der Waals surface area contributed by atoms with Crippen molar-refractivity contribution in [2.24, 2.45) is 0 Å². The van der Waals surface area contributed by atoms with E-state index in [4.69, 9.17) is 16.9 Å². The predicted molar refractivity (Wildman–Crippen MR) is 63.3 cm³/mol. The third kappa shape index (κ3) is 1.40. The molecule has 0 saturated heterocycles. The Morgan fingerprint density at radius 2 is 2.29 bits per heavy atom. The van der Waals surface area contributed by atoms with Gasteiger partial charge in [0.15, 0.2) is 0 Å². The first-order chi connectivity index (χ1) is 6.77. The average Bonchev–Trinajstić information content (AvgIpc) is 2.59. The Morgan fingerprint density at radius 1 is 1.50 bits per heavy atom. The number of benzene rings is 1. The minimum Gasteiger partial charge on any atom is -0.192 e. The van der Waals surface area contributed by atoms with Crippen LogP contribution in [0.4, 0.5) is 0 Å². The van der Waals surface area contributed by atoms with Gasteiger partial charge in [0.05, 0.1) is 15.3 Å². The minimum absolute atomic E-state index is 0.731. The first kappa shape index (κ1) is 9.85. The number of halogens is 1. The second kappa shape index (κ2) is 3.82. The molecule has 2 rings (SSSR count). The second-order valence-corrected chi connectivity index (χ2v) is 4.85. The number of hydrogen-bond acceptors (Lipinski definition) is 3. The van der Waals surface area contributed by atoms with Gasteiger partial charge in [-0.15, -0.1) is 23.1 Å². The maximum atomic E-state index is 9.06. The Kier molecular flexibility index (Phi) is 2.69. The molecule has 0 atom stereocenters. The third-order valence-electron chi connectivity index (χ3n) is 1.99. The smallest absolute Gasteiger partial charge is 0.102 e. The van der Waals surface area contributed by atoms with Crippen molar-refractivity contribution in [1.29, 1.82) is 5.26 Å². The van der Waals surface area contributed by atoms with Gasteiger partial charge >= 0.3 is 0 Å². The Hall–Kier alpha value is -0.690. The molecule has 0 unspecified atom stereocenters. The molecule has 70 valence electrons. The maximum absolute atomic E-state index is 9.06. The normalized spacial score (nSPS) is 10.4. The van der Waals surface area contributed by atoms with E-state index in [0.29, 0.717) is 0 Å². The number of nitriles is 1. The van der Waals surface area contributed by atoms with Gasteiger partial charge < -0.3 is 0 Å². The Balaban J connectivity index is 2.86. The van der Waals surface area contributed by atoms with Crippen molar-refractivity contribution >= 4 is 44.8 Å². The lowest BCUT2D eigenvalue weighted by molar-refractivity contribution is 1.42. The zero-order chi connectivity index (χ0) is 10.1. The largest absolute Gasteiger partial charge is 0.192 e. The number of rotatable bonds is 1. The summed E-state index contributed by atoms with van der Waals surface area (Å²) in [6, 6.07) is 6.16. The highest BCUT2D eigenvalue weighted by atomic mass is 35.5. The van der Waals surface area contributed by atoms with Gasteiger partial charge in [-0.05, 0) is 12.3 Å². The van der Waals surface area contributed by atoms with E-state index >= 15 is 0 Å². The van der Waals surface area contributed by atoms with Gasteiger partial charge in [0, 0.05) is 15.7 Å². The predicted octanol–water partition coefficient (Wildman–Crippen LogP) is 4.15. The van der Waals surface area contributed by atoms with Crippen LogP contribution < -0.4 is 0 Å². The number of thiophene rings is 1. The highest BCUT2D eigenvalue weighted by Gasteiger charge is 2.10. The second-order valence-electron chi connectivity index (χ2n) is 2.71. The van der Waals surface area contributed by atoms with Crippen molar-refractivity contribution in [3.63, 3.8) is 0 Å². The highest BCUT2D eigenvalue weighted by Crippen LogP contribution is 2.36. The van der Waals surface area contributed by atoms with E-state index < -0.39 is 0 Å². The molecule has 0 aliphatic heterocycles. The van der Waals surface area contributed by atoms with E-state index in [-0.39, 0.29) is 0 Å². The molecule has 1 heterocycles. The van der Waals surface area contributed by atoms with Crippen LogP contribution in [0.15, 0.2) is 22.4 Å². The average molecular weight is 240 g/mol. The monoisotopic (exact) mass is 239 g/mol. The third-order valence-corrected chi connectivity index (χ3v) is 4.22. The zero-order valence-electron chi connectivity index (χ0n) is 7.37. The van der Waals surface area contributed by atoms with Gasteiger partial charge in [-0.3, -0.25) is 0 Å². The Morgan fingerprint density at radius 3 is 2.93 bits per heavy atom. The molecule has 4 heteroatoms. The summed E-state index contributed by atoms with van der Waals surface area (Å²) in [4.78, 5) is 1.01. The fourth-order valence-electron chi connectivity index (χ4n) is 1.33. The summed E-state index contributed by atoms with van der Waals surface area (Å²) in [5.74, 6) is 0. The lowest BCUT2D eigenvalue weighted by atomic mass is 10.2. The molecule has 0 N–H and O–H groups in total. The van der Waals surface area contributed by atoms with Crippen LogP contribution in [-0.4, -0.2) is 6.26 Å². The molecule has 0 saturated carbocycles. The summed E-state index contributed by atoms with van der Waals surface area (Å²) in [6.45, 7) is 0. The fourth-order valence-corrected chi connectivity index (χ4v) is 3.22. The molecule has 0 spiro atoms. The Bertz CT molecular complexity index is 525. The van der Waals surface area contributed by atoms with Crippen molar-refractivity contribution in [3.05, 3.63) is 28.1 Å². The molecule has 1 aromatic carbocycles. The van der Waals surface area contributed by atoms with Crippen LogP contribution in [0.1, 0.15) is 5.56 Å². The van der Waals surface area contributed by atoms with Gasteiger partial charge in [0.1, 0.15) is 6.07 Å². The molecule has 0 bridgehead atoms. The molecule has 0 aliphatic carbocycles. The van der Waals surface area contributed by atoms with Crippen LogP contribution in [0.2, 0.25) is 5.02 Å². The number of thioether (sulfide) groups is 1. The van der Waals surface area contributed by atoms with Crippen molar-refractivity contribution in [1.82, 2.24) is 0 Å². The van der Waals surface area contributed by atoms with Gasteiger partial charge in [-0.25, -0.2) is 0 Å². The van der Waals surface area contributed by atoms with Crippen LogP contribution in [0.5, 0.6) is 0 Å². The minimum atomic E-state index is 0.731. The number of nitrogens with zero attached hydrogens (tertiary/aromatic N) is 1. The van der Waals surface area contributed by atoms with Crippen molar-refractivity contribution in [2.75, 3.05) is 6.26 Å². The van der Waals surface area contributed by atoms with Crippen LogP contribution in [-0.2, 0) is 0 Å². The Labute approximate surface area is 95.3 Å². The summed E-state index contributed by atoms with van der Waals surface area (Å²) in [6.07, 6.45) is 1.97. The first-order valence-electron chi connectivity index (χ1n) is 3.91. The van der Waals surface area contributed by atoms with Crippen LogP contribution >= 0.6 is 34.7 Å². The van der Waals surface area contributed by atoms with Crippen LogP contribution in [0.25, 0.3) is 10.1 Å². The summed E-state index contributed by atoms with van der Waals surface area (Å²) in [5, 5.41) is 12.6. The van der Waals surface area contributed by atoms with E-state index in [1.165, 1.54) is 11.3 Å². The quantitative estimate of drug-likeness (QED) is 0.698. The summed E-state index contributed by atoms with van der Waals surface area (Å²) < 4.78 is 0.990. The van der Waals surface area contributed by atoms with Crippen molar-refractivity contribution in [3.8, 4) is 6.07 Å². The van der Waals surface area contributed by atoms with E-state index in [9.17, 15) is 0 Å². The maximum Gasteiger partial charge on any atom is 0.102 e. The fraction of sp³-hybridized carbons (Fsp3) is 0.100. The summed E-state index contributed by atoms with van der Waals surface area (Å²) in [7, 11) is 0. The first-order valence-corrected chi connectivity index (χ1v) is 6.40. The van der Waals surface area contributed by atoms with Crippen LogP contribution in [0, 0.1) is 11.3 Å².